The van der Waals surface area contributed by atoms with Crippen molar-refractivity contribution < 1.29 is 18.0 Å². The van der Waals surface area contributed by atoms with E-state index in [0.29, 0.717) is 5.69 Å². The second-order valence-corrected chi connectivity index (χ2v) is 5.67. The Morgan fingerprint density at radius 3 is 2.50 bits per heavy atom. The Morgan fingerprint density at radius 1 is 1.17 bits per heavy atom. The lowest BCUT2D eigenvalue weighted by Gasteiger charge is -2.07. The van der Waals surface area contributed by atoms with E-state index in [9.17, 15) is 18.0 Å². The highest BCUT2D eigenvalue weighted by Gasteiger charge is 2.30. The summed E-state index contributed by atoms with van der Waals surface area (Å²) in [4.78, 5) is 12.1. The Bertz CT molecular complexity index is 838. The van der Waals surface area contributed by atoms with Gasteiger partial charge in [-0.2, -0.15) is 18.4 Å². The molecule has 0 saturated heterocycles. The van der Waals surface area contributed by atoms with Crippen molar-refractivity contribution in [2.75, 3.05) is 5.32 Å². The summed E-state index contributed by atoms with van der Waals surface area (Å²) in [7, 11) is 0. The van der Waals surface area contributed by atoms with Gasteiger partial charge in [0.25, 0.3) is 5.91 Å². The zero-order valence-corrected chi connectivity index (χ0v) is 13.6. The van der Waals surface area contributed by atoms with Crippen molar-refractivity contribution in [2.45, 2.75) is 6.18 Å². The third-order valence-corrected chi connectivity index (χ3v) is 3.47. The molecule has 0 fully saturated rings. The maximum Gasteiger partial charge on any atom is 0.416 e. The lowest BCUT2D eigenvalue weighted by atomic mass is 10.1. The lowest BCUT2D eigenvalue weighted by molar-refractivity contribution is -0.137. The quantitative estimate of drug-likeness (QED) is 0.587. The Morgan fingerprint density at radius 2 is 1.88 bits per heavy atom. The second kappa shape index (κ2) is 7.32. The van der Waals surface area contributed by atoms with Gasteiger partial charge in [-0.15, -0.1) is 0 Å². The minimum Gasteiger partial charge on any atom is -0.321 e. The van der Waals surface area contributed by atoms with Crippen LogP contribution < -0.4 is 5.32 Å². The molecule has 0 aliphatic rings. The zero-order valence-electron chi connectivity index (χ0n) is 12.1. The topological polar surface area (TPSA) is 52.9 Å². The van der Waals surface area contributed by atoms with Gasteiger partial charge in [0, 0.05) is 10.2 Å². The molecule has 24 heavy (non-hydrogen) atoms. The first kappa shape index (κ1) is 17.8. The third kappa shape index (κ3) is 4.70. The number of nitrogens with one attached hydrogen (secondary N) is 1. The number of nitriles is 1. The van der Waals surface area contributed by atoms with Crippen molar-refractivity contribution in [1.29, 1.82) is 5.26 Å². The van der Waals surface area contributed by atoms with Crippen molar-refractivity contribution in [3.63, 3.8) is 0 Å². The van der Waals surface area contributed by atoms with Crippen molar-refractivity contribution in [3.8, 4) is 6.07 Å². The number of alkyl halides is 3. The van der Waals surface area contributed by atoms with Crippen molar-refractivity contribution >= 4 is 33.6 Å². The average Bonchev–Trinajstić information content (AvgIpc) is 2.52. The molecular formula is C17H10BrF3N2O. The molecule has 2 aromatic carbocycles. The van der Waals surface area contributed by atoms with Crippen LogP contribution in [0.1, 0.15) is 11.1 Å². The predicted octanol–water partition coefficient (Wildman–Crippen LogP) is 5.01. The Hall–Kier alpha value is -2.59. The van der Waals surface area contributed by atoms with E-state index in [1.54, 1.807) is 30.3 Å². The molecule has 0 heterocycles. The first-order chi connectivity index (χ1) is 11.3. The normalized spacial score (nSPS) is 11.7. The number of anilines is 1. The molecule has 2 aromatic rings. The second-order valence-electron chi connectivity index (χ2n) is 4.76. The molecule has 0 bridgehead atoms. The number of amides is 1. The van der Waals surface area contributed by atoms with Crippen LogP contribution in [-0.2, 0) is 11.0 Å². The summed E-state index contributed by atoms with van der Waals surface area (Å²) in [5.41, 5.74) is -0.569. The maximum absolute atomic E-state index is 12.7. The molecule has 0 spiro atoms. The number of halogens is 4. The minimum atomic E-state index is -4.49. The van der Waals surface area contributed by atoms with E-state index in [-0.39, 0.29) is 11.1 Å². The van der Waals surface area contributed by atoms with Crippen LogP contribution >= 0.6 is 15.9 Å². The monoisotopic (exact) mass is 394 g/mol. The van der Waals surface area contributed by atoms with Gasteiger partial charge in [-0.05, 0) is 42.0 Å². The van der Waals surface area contributed by atoms with Crippen LogP contribution in [0.3, 0.4) is 0 Å². The number of rotatable bonds is 3. The predicted molar refractivity (Wildman–Crippen MR) is 87.8 cm³/mol. The molecule has 0 aromatic heterocycles. The molecule has 0 atom stereocenters. The van der Waals surface area contributed by atoms with Gasteiger partial charge in [0.1, 0.15) is 11.6 Å². The first-order valence-electron chi connectivity index (χ1n) is 6.65. The average molecular weight is 395 g/mol. The van der Waals surface area contributed by atoms with E-state index < -0.39 is 17.6 Å². The molecule has 0 radical (unpaired) electrons. The SMILES string of the molecule is N#C/C(=C/c1cccc(C(F)(F)F)c1)C(=O)Nc1cccc(Br)c1. The molecule has 2 rings (SSSR count). The fraction of sp³-hybridized carbons (Fsp3) is 0.0588. The lowest BCUT2D eigenvalue weighted by Crippen LogP contribution is -2.13. The Kier molecular flexibility index (Phi) is 5.42. The number of carbonyl (C=O) groups is 1. The van der Waals surface area contributed by atoms with E-state index in [0.717, 1.165) is 22.7 Å². The highest BCUT2D eigenvalue weighted by atomic mass is 79.9. The summed E-state index contributed by atoms with van der Waals surface area (Å²) < 4.78 is 38.8. The smallest absolute Gasteiger partial charge is 0.321 e. The van der Waals surface area contributed by atoms with E-state index in [4.69, 9.17) is 5.26 Å². The van der Waals surface area contributed by atoms with E-state index in [1.165, 1.54) is 12.1 Å². The van der Waals surface area contributed by atoms with Gasteiger partial charge in [0.15, 0.2) is 0 Å². The number of hydrogen-bond acceptors (Lipinski definition) is 2. The molecule has 0 saturated carbocycles. The molecule has 0 unspecified atom stereocenters. The third-order valence-electron chi connectivity index (χ3n) is 2.97. The van der Waals surface area contributed by atoms with Crippen LogP contribution in [0.5, 0.6) is 0 Å². The highest BCUT2D eigenvalue weighted by Crippen LogP contribution is 2.30. The summed E-state index contributed by atoms with van der Waals surface area (Å²) in [6.45, 7) is 0. The van der Waals surface area contributed by atoms with Gasteiger partial charge in [0.2, 0.25) is 0 Å². The molecule has 3 nitrogen and oxygen atoms in total. The molecule has 1 amide bonds. The van der Waals surface area contributed by atoms with Gasteiger partial charge >= 0.3 is 6.18 Å². The van der Waals surface area contributed by atoms with Crippen LogP contribution in [0, 0.1) is 11.3 Å². The minimum absolute atomic E-state index is 0.116. The summed E-state index contributed by atoms with van der Waals surface area (Å²) in [5.74, 6) is -0.701. The van der Waals surface area contributed by atoms with Crippen molar-refractivity contribution in [3.05, 3.63) is 69.7 Å². The van der Waals surface area contributed by atoms with Crippen LogP contribution in [0.25, 0.3) is 6.08 Å². The van der Waals surface area contributed by atoms with Crippen LogP contribution in [-0.4, -0.2) is 5.91 Å². The van der Waals surface area contributed by atoms with Crippen molar-refractivity contribution in [2.24, 2.45) is 0 Å². The van der Waals surface area contributed by atoms with Gasteiger partial charge in [0.05, 0.1) is 5.56 Å². The zero-order chi connectivity index (χ0) is 17.7. The number of carbonyl (C=O) groups excluding carboxylic acids is 1. The van der Waals surface area contributed by atoms with E-state index in [2.05, 4.69) is 21.2 Å². The summed E-state index contributed by atoms with van der Waals surface area (Å²) in [6.07, 6.45) is -3.38. The fourth-order valence-electron chi connectivity index (χ4n) is 1.88. The van der Waals surface area contributed by atoms with Gasteiger partial charge in [-0.3, -0.25) is 4.79 Å². The summed E-state index contributed by atoms with van der Waals surface area (Å²) >= 11 is 3.25. The van der Waals surface area contributed by atoms with Crippen LogP contribution in [0.15, 0.2) is 58.6 Å². The molecule has 1 N–H and O–H groups in total. The highest BCUT2D eigenvalue weighted by molar-refractivity contribution is 9.10. The van der Waals surface area contributed by atoms with Crippen LogP contribution in [0.2, 0.25) is 0 Å². The van der Waals surface area contributed by atoms with Crippen LogP contribution in [0.4, 0.5) is 18.9 Å². The van der Waals surface area contributed by atoms with Gasteiger partial charge in [-0.25, -0.2) is 0 Å². The summed E-state index contributed by atoms with van der Waals surface area (Å²) in [6, 6.07) is 12.8. The standard InChI is InChI=1S/C17H10BrF3N2O/c18-14-5-2-6-15(9-14)23-16(24)12(10-22)7-11-3-1-4-13(8-11)17(19,20)21/h1-9H,(H,23,24)/b12-7-. The fourth-order valence-corrected chi connectivity index (χ4v) is 2.28. The van der Waals surface area contributed by atoms with E-state index >= 15 is 0 Å². The van der Waals surface area contributed by atoms with E-state index in [1.807, 2.05) is 0 Å². The molecule has 122 valence electrons. The number of hydrogen-bond donors (Lipinski definition) is 1. The Balaban J connectivity index is 2.26. The molecule has 7 heteroatoms. The molecule has 0 aliphatic carbocycles. The molecule has 0 aliphatic heterocycles. The summed E-state index contributed by atoms with van der Waals surface area (Å²) in [5, 5.41) is 11.6. The Labute approximate surface area is 144 Å². The largest absolute Gasteiger partial charge is 0.416 e. The van der Waals surface area contributed by atoms with Crippen molar-refractivity contribution in [1.82, 2.24) is 0 Å². The van der Waals surface area contributed by atoms with Gasteiger partial charge in [-0.1, -0.05) is 34.1 Å². The van der Waals surface area contributed by atoms with Gasteiger partial charge < -0.3 is 5.32 Å². The number of benzene rings is 2. The molecular weight excluding hydrogens is 385 g/mol. The maximum atomic E-state index is 12.7. The first-order valence-corrected chi connectivity index (χ1v) is 7.45. The number of nitrogens with zero attached hydrogens (tertiary/aromatic N) is 1.